The fraction of sp³-hybridized carbons (Fsp3) is 0.167. The van der Waals surface area contributed by atoms with E-state index in [1.54, 1.807) is 30.5 Å². The first-order valence-corrected chi connectivity index (χ1v) is 8.36. The van der Waals surface area contributed by atoms with Gasteiger partial charge in [-0.2, -0.15) is 9.78 Å². The monoisotopic (exact) mass is 359 g/mol. The number of hydrogen-bond donors (Lipinski definition) is 0. The van der Waals surface area contributed by atoms with E-state index in [2.05, 4.69) is 10.1 Å². The second kappa shape index (κ2) is 7.16. The average Bonchev–Trinajstić information content (AvgIpc) is 2.56. The molecule has 4 nitrogen and oxygen atoms in total. The van der Waals surface area contributed by atoms with Crippen molar-refractivity contribution in [3.63, 3.8) is 0 Å². The number of benzene rings is 2. The van der Waals surface area contributed by atoms with E-state index in [-0.39, 0.29) is 5.56 Å². The van der Waals surface area contributed by atoms with Gasteiger partial charge < -0.3 is 0 Å². The van der Waals surface area contributed by atoms with E-state index in [9.17, 15) is 4.79 Å². The smallest absolute Gasteiger partial charge is 0.267 e. The molecule has 0 aliphatic rings. The number of hydrogen-bond acceptors (Lipinski definition) is 3. The summed E-state index contributed by atoms with van der Waals surface area (Å²) in [6.45, 7) is 2.03. The Morgan fingerprint density at radius 1 is 1.21 bits per heavy atom. The molecule has 0 spiro atoms. The summed E-state index contributed by atoms with van der Waals surface area (Å²) < 4.78 is 1.34. The van der Waals surface area contributed by atoms with E-state index in [1.807, 2.05) is 25.1 Å². The van der Waals surface area contributed by atoms with Crippen LogP contribution in [0.5, 0.6) is 0 Å². The Kier molecular flexibility index (Phi) is 4.97. The van der Waals surface area contributed by atoms with E-state index < -0.39 is 0 Å². The second-order valence-corrected chi connectivity index (χ2v) is 6.17. The molecule has 0 unspecified atom stereocenters. The average molecular weight is 360 g/mol. The Morgan fingerprint density at radius 2 is 2.00 bits per heavy atom. The van der Waals surface area contributed by atoms with Gasteiger partial charge in [-0.3, -0.25) is 4.79 Å². The van der Waals surface area contributed by atoms with Crippen molar-refractivity contribution in [2.45, 2.75) is 19.8 Å². The molecule has 0 aliphatic carbocycles. The second-order valence-electron chi connectivity index (χ2n) is 5.32. The molecule has 0 atom stereocenters. The van der Waals surface area contributed by atoms with Gasteiger partial charge in [0, 0.05) is 17.0 Å². The van der Waals surface area contributed by atoms with Crippen LogP contribution in [0.2, 0.25) is 10.0 Å². The van der Waals surface area contributed by atoms with Gasteiger partial charge in [0.1, 0.15) is 5.82 Å². The van der Waals surface area contributed by atoms with Crippen LogP contribution in [0.25, 0.3) is 10.9 Å². The fourth-order valence-corrected chi connectivity index (χ4v) is 2.86. The van der Waals surface area contributed by atoms with Crippen LogP contribution < -0.4 is 5.56 Å². The van der Waals surface area contributed by atoms with Gasteiger partial charge in [0.05, 0.1) is 22.1 Å². The lowest BCUT2D eigenvalue weighted by Gasteiger charge is -2.08. The zero-order chi connectivity index (χ0) is 17.1. The molecule has 1 aromatic heterocycles. The SMILES string of the molecule is CCCc1nc2ccccc2c(=O)n1N=Cc1ccc(Cl)cc1Cl. The quantitative estimate of drug-likeness (QED) is 0.642. The molecular weight excluding hydrogens is 345 g/mol. The molecule has 1 heterocycles. The number of rotatable bonds is 4. The maximum absolute atomic E-state index is 12.7. The molecule has 0 radical (unpaired) electrons. The Hall–Kier alpha value is -2.17. The number of aryl methyl sites for hydroxylation is 1. The summed E-state index contributed by atoms with van der Waals surface area (Å²) in [4.78, 5) is 17.3. The highest BCUT2D eigenvalue weighted by molar-refractivity contribution is 6.36. The minimum absolute atomic E-state index is 0.189. The molecule has 0 saturated carbocycles. The molecule has 0 fully saturated rings. The van der Waals surface area contributed by atoms with Crippen LogP contribution in [0, 0.1) is 0 Å². The minimum Gasteiger partial charge on any atom is -0.267 e. The Balaban J connectivity index is 2.13. The highest BCUT2D eigenvalue weighted by atomic mass is 35.5. The number of aromatic nitrogens is 2. The van der Waals surface area contributed by atoms with E-state index in [1.165, 1.54) is 4.68 Å². The van der Waals surface area contributed by atoms with Crippen molar-refractivity contribution in [3.8, 4) is 0 Å². The molecule has 0 amide bonds. The van der Waals surface area contributed by atoms with Gasteiger partial charge in [-0.15, -0.1) is 0 Å². The number of fused-ring (bicyclic) bond motifs is 1. The molecule has 0 saturated heterocycles. The van der Waals surface area contributed by atoms with Crippen LogP contribution in [0.15, 0.2) is 52.4 Å². The standard InChI is InChI=1S/C18H15Cl2N3O/c1-2-5-17-22-16-7-4-3-6-14(16)18(24)23(17)21-11-12-8-9-13(19)10-15(12)20/h3-4,6-11H,2,5H2,1H3. The third kappa shape index (κ3) is 3.35. The maximum Gasteiger partial charge on any atom is 0.282 e. The van der Waals surface area contributed by atoms with Crippen molar-refractivity contribution in [1.82, 2.24) is 9.66 Å². The molecule has 0 bridgehead atoms. The largest absolute Gasteiger partial charge is 0.282 e. The van der Waals surface area contributed by atoms with Crippen LogP contribution in [-0.4, -0.2) is 15.9 Å². The molecule has 122 valence electrons. The summed E-state index contributed by atoms with van der Waals surface area (Å²) in [6, 6.07) is 12.4. The van der Waals surface area contributed by atoms with Gasteiger partial charge >= 0.3 is 0 Å². The summed E-state index contributed by atoms with van der Waals surface area (Å²) in [5, 5.41) is 5.89. The first kappa shape index (κ1) is 16.7. The molecule has 6 heteroatoms. The van der Waals surface area contributed by atoms with Crippen LogP contribution in [0.1, 0.15) is 24.7 Å². The van der Waals surface area contributed by atoms with Crippen LogP contribution in [0.3, 0.4) is 0 Å². The Bertz CT molecular complexity index is 980. The number of nitrogens with zero attached hydrogens (tertiary/aromatic N) is 3. The number of para-hydroxylation sites is 1. The van der Waals surface area contributed by atoms with E-state index >= 15 is 0 Å². The summed E-state index contributed by atoms with van der Waals surface area (Å²) in [6.07, 6.45) is 3.07. The molecule has 2 aromatic carbocycles. The third-order valence-corrected chi connectivity index (χ3v) is 4.13. The van der Waals surface area contributed by atoms with E-state index in [4.69, 9.17) is 23.2 Å². The third-order valence-electron chi connectivity index (χ3n) is 3.57. The zero-order valence-electron chi connectivity index (χ0n) is 13.0. The lowest BCUT2D eigenvalue weighted by atomic mass is 10.2. The maximum atomic E-state index is 12.7. The summed E-state index contributed by atoms with van der Waals surface area (Å²) in [5.41, 5.74) is 1.18. The Labute approximate surface area is 149 Å². The normalized spacial score (nSPS) is 11.5. The van der Waals surface area contributed by atoms with Gasteiger partial charge in [-0.1, -0.05) is 48.3 Å². The first-order valence-electron chi connectivity index (χ1n) is 7.60. The van der Waals surface area contributed by atoms with Crippen molar-refractivity contribution < 1.29 is 0 Å². The van der Waals surface area contributed by atoms with Crippen molar-refractivity contribution in [1.29, 1.82) is 0 Å². The van der Waals surface area contributed by atoms with Crippen molar-refractivity contribution in [2.75, 3.05) is 0 Å². The topological polar surface area (TPSA) is 47.2 Å². The van der Waals surface area contributed by atoms with E-state index in [0.717, 1.165) is 6.42 Å². The predicted molar refractivity (Wildman–Crippen MR) is 99.5 cm³/mol. The van der Waals surface area contributed by atoms with Crippen molar-refractivity contribution >= 4 is 40.3 Å². The molecule has 0 N–H and O–H groups in total. The molecule has 3 rings (SSSR count). The molecular formula is C18H15Cl2N3O. The lowest BCUT2D eigenvalue weighted by Crippen LogP contribution is -2.22. The number of halogens is 2. The zero-order valence-corrected chi connectivity index (χ0v) is 14.6. The van der Waals surface area contributed by atoms with Gasteiger partial charge in [-0.25, -0.2) is 4.98 Å². The van der Waals surface area contributed by atoms with Crippen LogP contribution in [-0.2, 0) is 6.42 Å². The van der Waals surface area contributed by atoms with Gasteiger partial charge in [-0.05, 0) is 30.7 Å². The first-order chi connectivity index (χ1) is 11.6. The molecule has 3 aromatic rings. The van der Waals surface area contributed by atoms with Crippen molar-refractivity contribution in [2.24, 2.45) is 5.10 Å². The lowest BCUT2D eigenvalue weighted by molar-refractivity contribution is 0.704. The Morgan fingerprint density at radius 3 is 2.75 bits per heavy atom. The fourth-order valence-electron chi connectivity index (χ4n) is 2.40. The van der Waals surface area contributed by atoms with Crippen LogP contribution in [0.4, 0.5) is 0 Å². The summed E-state index contributed by atoms with van der Waals surface area (Å²) in [5.74, 6) is 0.627. The highest BCUT2D eigenvalue weighted by Gasteiger charge is 2.09. The van der Waals surface area contributed by atoms with Gasteiger partial charge in [0.15, 0.2) is 0 Å². The van der Waals surface area contributed by atoms with Gasteiger partial charge in [0.25, 0.3) is 5.56 Å². The van der Waals surface area contributed by atoms with E-state index in [0.29, 0.717) is 38.8 Å². The van der Waals surface area contributed by atoms with Crippen molar-refractivity contribution in [3.05, 3.63) is 74.3 Å². The predicted octanol–water partition coefficient (Wildman–Crippen LogP) is 4.54. The van der Waals surface area contributed by atoms with Crippen LogP contribution >= 0.6 is 23.2 Å². The molecule has 0 aliphatic heterocycles. The molecule has 24 heavy (non-hydrogen) atoms. The minimum atomic E-state index is -0.189. The highest BCUT2D eigenvalue weighted by Crippen LogP contribution is 2.19. The summed E-state index contributed by atoms with van der Waals surface area (Å²) >= 11 is 12.0. The van der Waals surface area contributed by atoms with Gasteiger partial charge in [0.2, 0.25) is 0 Å². The summed E-state index contributed by atoms with van der Waals surface area (Å²) in [7, 11) is 0.